The van der Waals surface area contributed by atoms with Gasteiger partial charge in [-0.3, -0.25) is 9.13 Å². The Hall–Kier alpha value is -2.72. The number of halogens is 3. The van der Waals surface area contributed by atoms with Crippen LogP contribution in [0.15, 0.2) is 29.2 Å². The summed E-state index contributed by atoms with van der Waals surface area (Å²) in [6, 6.07) is 5.45. The lowest BCUT2D eigenvalue weighted by molar-refractivity contribution is -0.0222. The fraction of sp³-hybridized carbons (Fsp3) is 0.500. The molecule has 0 radical (unpaired) electrons. The van der Waals surface area contributed by atoms with Crippen molar-refractivity contribution in [2.75, 3.05) is 23.3 Å². The number of anilines is 3. The topological polar surface area (TPSA) is 88.2 Å². The van der Waals surface area contributed by atoms with Crippen LogP contribution >= 0.6 is 11.6 Å². The maximum absolute atomic E-state index is 13.5. The van der Waals surface area contributed by atoms with E-state index in [4.69, 9.17) is 11.6 Å². The Bertz CT molecular complexity index is 1220. The van der Waals surface area contributed by atoms with Gasteiger partial charge in [-0.1, -0.05) is 11.6 Å². The number of nitrogens with one attached hydrogen (secondary N) is 1. The molecule has 8 nitrogen and oxygen atoms in total. The third-order valence-electron chi connectivity index (χ3n) is 5.86. The first-order valence-corrected chi connectivity index (χ1v) is 11.2. The summed E-state index contributed by atoms with van der Waals surface area (Å²) in [5, 5.41) is 13.5. The lowest BCUT2D eigenvalue weighted by atomic mass is 10.1. The van der Waals surface area contributed by atoms with Gasteiger partial charge in [0.2, 0.25) is 5.95 Å². The molecule has 1 aliphatic heterocycles. The van der Waals surface area contributed by atoms with Crippen molar-refractivity contribution in [3.05, 3.63) is 39.9 Å². The lowest BCUT2D eigenvalue weighted by Gasteiger charge is -2.31. The van der Waals surface area contributed by atoms with E-state index in [1.165, 1.54) is 6.20 Å². The number of rotatable bonds is 6. The van der Waals surface area contributed by atoms with Gasteiger partial charge in [0, 0.05) is 45.2 Å². The van der Waals surface area contributed by atoms with Crippen molar-refractivity contribution in [2.45, 2.75) is 51.2 Å². The van der Waals surface area contributed by atoms with Gasteiger partial charge >= 0.3 is 5.69 Å². The Morgan fingerprint density at radius 1 is 1.24 bits per heavy atom. The molecule has 0 amide bonds. The SMILES string of the molecule is Cn1c(=O)n(CCC(C)(C)O)c2cc(Nc3nc(N4CCC(F)(F)CC4)ncc3Cl)ccc21. The third kappa shape index (κ3) is 5.11. The Labute approximate surface area is 194 Å². The molecule has 0 bridgehead atoms. The fourth-order valence-electron chi connectivity index (χ4n) is 3.86. The number of aromatic nitrogens is 4. The number of nitrogens with zero attached hydrogens (tertiary/aromatic N) is 5. The number of aryl methyl sites for hydroxylation is 2. The molecule has 3 heterocycles. The van der Waals surface area contributed by atoms with E-state index in [1.807, 2.05) is 18.2 Å². The number of hydrogen-bond acceptors (Lipinski definition) is 6. The van der Waals surface area contributed by atoms with Crippen molar-refractivity contribution < 1.29 is 13.9 Å². The number of hydrogen-bond donors (Lipinski definition) is 2. The molecular weight excluding hydrogens is 454 g/mol. The number of fused-ring (bicyclic) bond motifs is 1. The van der Waals surface area contributed by atoms with Gasteiger partial charge in [-0.05, 0) is 38.5 Å². The van der Waals surface area contributed by atoms with Gasteiger partial charge in [0.25, 0.3) is 5.92 Å². The van der Waals surface area contributed by atoms with E-state index in [0.717, 1.165) is 5.52 Å². The van der Waals surface area contributed by atoms with Crippen molar-refractivity contribution in [2.24, 2.45) is 7.05 Å². The second kappa shape index (κ2) is 8.57. The van der Waals surface area contributed by atoms with Crippen LogP contribution in [0.2, 0.25) is 5.02 Å². The van der Waals surface area contributed by atoms with Gasteiger partial charge in [0.1, 0.15) is 5.02 Å². The number of aliphatic hydroxyl groups is 1. The van der Waals surface area contributed by atoms with Gasteiger partial charge in [-0.25, -0.2) is 18.6 Å². The van der Waals surface area contributed by atoms with Crippen LogP contribution in [0.4, 0.5) is 26.2 Å². The van der Waals surface area contributed by atoms with Gasteiger partial charge in [0.15, 0.2) is 5.82 Å². The van der Waals surface area contributed by atoms with Gasteiger partial charge in [-0.2, -0.15) is 4.98 Å². The summed E-state index contributed by atoms with van der Waals surface area (Å²) in [6.07, 6.45) is 1.38. The molecule has 3 aromatic rings. The van der Waals surface area contributed by atoms with E-state index in [-0.39, 0.29) is 36.6 Å². The molecule has 1 saturated heterocycles. The van der Waals surface area contributed by atoms with E-state index < -0.39 is 11.5 Å². The highest BCUT2D eigenvalue weighted by Gasteiger charge is 2.35. The highest BCUT2D eigenvalue weighted by Crippen LogP contribution is 2.31. The third-order valence-corrected chi connectivity index (χ3v) is 6.14. The minimum Gasteiger partial charge on any atom is -0.390 e. The minimum atomic E-state index is -2.66. The number of benzene rings is 1. The Morgan fingerprint density at radius 2 is 1.94 bits per heavy atom. The molecule has 1 aliphatic rings. The van der Waals surface area contributed by atoms with Crippen molar-refractivity contribution in [1.82, 2.24) is 19.1 Å². The summed E-state index contributed by atoms with van der Waals surface area (Å²) in [5.74, 6) is -1.98. The van der Waals surface area contributed by atoms with Crippen LogP contribution in [-0.2, 0) is 13.6 Å². The molecule has 11 heteroatoms. The van der Waals surface area contributed by atoms with E-state index in [2.05, 4.69) is 15.3 Å². The van der Waals surface area contributed by atoms with E-state index >= 15 is 0 Å². The molecule has 0 unspecified atom stereocenters. The van der Waals surface area contributed by atoms with E-state index in [1.54, 1.807) is 34.9 Å². The maximum Gasteiger partial charge on any atom is 0.328 e. The summed E-state index contributed by atoms with van der Waals surface area (Å²) in [4.78, 5) is 23.1. The minimum absolute atomic E-state index is 0.164. The molecular formula is C22H27ClF2N6O2. The lowest BCUT2D eigenvalue weighted by Crippen LogP contribution is -2.40. The highest BCUT2D eigenvalue weighted by molar-refractivity contribution is 6.32. The van der Waals surface area contributed by atoms with Gasteiger partial charge < -0.3 is 15.3 Å². The van der Waals surface area contributed by atoms with Crippen LogP contribution in [0, 0.1) is 0 Å². The molecule has 0 saturated carbocycles. The monoisotopic (exact) mass is 480 g/mol. The number of imidazole rings is 1. The quantitative estimate of drug-likeness (QED) is 0.556. The Balaban J connectivity index is 1.62. The van der Waals surface area contributed by atoms with Gasteiger partial charge in [-0.15, -0.1) is 0 Å². The zero-order valence-corrected chi connectivity index (χ0v) is 19.5. The first kappa shape index (κ1) is 23.4. The standard InChI is InChI=1S/C22H27ClF2N6O2/c1-21(2,33)6-11-31-17-12-14(4-5-16(17)29(3)20(31)32)27-18-15(23)13-26-19(28-18)30-9-7-22(24,25)8-10-30/h4-5,12-13,33H,6-11H2,1-3H3,(H,26,27,28). The average Bonchev–Trinajstić information content (AvgIpc) is 2.97. The van der Waals surface area contributed by atoms with Crippen molar-refractivity contribution in [3.63, 3.8) is 0 Å². The van der Waals surface area contributed by atoms with Crippen LogP contribution in [0.5, 0.6) is 0 Å². The van der Waals surface area contributed by atoms with Crippen LogP contribution < -0.4 is 15.9 Å². The van der Waals surface area contributed by atoms with Crippen LogP contribution in [-0.4, -0.2) is 48.8 Å². The van der Waals surface area contributed by atoms with Crippen LogP contribution in [0.1, 0.15) is 33.1 Å². The van der Waals surface area contributed by atoms with Crippen LogP contribution in [0.3, 0.4) is 0 Å². The molecule has 1 aromatic carbocycles. The smallest absolute Gasteiger partial charge is 0.328 e. The average molecular weight is 481 g/mol. The largest absolute Gasteiger partial charge is 0.390 e. The van der Waals surface area contributed by atoms with E-state index in [0.29, 0.717) is 35.9 Å². The number of piperidine rings is 1. The van der Waals surface area contributed by atoms with Gasteiger partial charge in [0.05, 0.1) is 22.8 Å². The first-order valence-electron chi connectivity index (χ1n) is 10.8. The van der Waals surface area contributed by atoms with Crippen LogP contribution in [0.25, 0.3) is 11.0 Å². The van der Waals surface area contributed by atoms with Crippen molar-refractivity contribution in [1.29, 1.82) is 0 Å². The molecule has 178 valence electrons. The maximum atomic E-state index is 13.5. The summed E-state index contributed by atoms with van der Waals surface area (Å²) in [5.41, 5.74) is 1.05. The van der Waals surface area contributed by atoms with Crippen molar-refractivity contribution >= 4 is 40.1 Å². The van der Waals surface area contributed by atoms with Crippen molar-refractivity contribution in [3.8, 4) is 0 Å². The molecule has 2 N–H and O–H groups in total. The molecule has 4 rings (SSSR count). The Morgan fingerprint density at radius 3 is 2.61 bits per heavy atom. The zero-order chi connectivity index (χ0) is 24.0. The predicted octanol–water partition coefficient (Wildman–Crippen LogP) is 3.92. The fourth-order valence-corrected chi connectivity index (χ4v) is 4.00. The second-order valence-corrected chi connectivity index (χ2v) is 9.50. The molecule has 0 atom stereocenters. The second-order valence-electron chi connectivity index (χ2n) is 9.09. The number of alkyl halides is 2. The zero-order valence-electron chi connectivity index (χ0n) is 18.8. The normalized spacial score (nSPS) is 16.4. The first-order chi connectivity index (χ1) is 15.4. The molecule has 2 aromatic heterocycles. The summed E-state index contributed by atoms with van der Waals surface area (Å²) in [7, 11) is 1.70. The summed E-state index contributed by atoms with van der Waals surface area (Å²) in [6.45, 7) is 4.10. The Kier molecular flexibility index (Phi) is 6.09. The highest BCUT2D eigenvalue weighted by atomic mass is 35.5. The van der Waals surface area contributed by atoms with E-state index in [9.17, 15) is 18.7 Å². The molecule has 0 spiro atoms. The molecule has 1 fully saturated rings. The summed E-state index contributed by atoms with van der Waals surface area (Å²) < 4.78 is 30.2. The predicted molar refractivity (Wildman–Crippen MR) is 125 cm³/mol. The summed E-state index contributed by atoms with van der Waals surface area (Å²) >= 11 is 6.30. The molecule has 0 aliphatic carbocycles. The molecule has 33 heavy (non-hydrogen) atoms.